The Balaban J connectivity index is 1.83. The molecule has 0 spiro atoms. The van der Waals surface area contributed by atoms with Crippen LogP contribution in [0.2, 0.25) is 0 Å². The third kappa shape index (κ3) is 3.45. The summed E-state index contributed by atoms with van der Waals surface area (Å²) >= 11 is 1.68. The quantitative estimate of drug-likeness (QED) is 0.746. The van der Waals surface area contributed by atoms with Gasteiger partial charge in [0.25, 0.3) is 0 Å². The smallest absolute Gasteiger partial charge is 0.149 e. The lowest BCUT2D eigenvalue weighted by atomic mass is 10.1. The van der Waals surface area contributed by atoms with Gasteiger partial charge in [-0.05, 0) is 51.1 Å². The maximum Gasteiger partial charge on any atom is 0.149 e. The summed E-state index contributed by atoms with van der Waals surface area (Å²) in [5.74, 6) is 2.21. The number of hydrogen-bond acceptors (Lipinski definition) is 6. The standard InChI is InChI=1S/C19H24N4OS/c1-11-13(3)25-19-16(11)17(20)21-18(22-19)12(2)23(4)10-14-6-8-15(24-5)9-7-14/h6-9,12H,10H2,1-5H3,(H2,20,21,22). The summed E-state index contributed by atoms with van der Waals surface area (Å²) in [5.41, 5.74) is 8.62. The van der Waals surface area contributed by atoms with Gasteiger partial charge < -0.3 is 10.5 Å². The van der Waals surface area contributed by atoms with Crippen LogP contribution in [0.3, 0.4) is 0 Å². The first-order chi connectivity index (χ1) is 11.9. The van der Waals surface area contributed by atoms with Gasteiger partial charge in [-0.1, -0.05) is 12.1 Å². The minimum Gasteiger partial charge on any atom is -0.497 e. The van der Waals surface area contributed by atoms with Crippen LogP contribution >= 0.6 is 11.3 Å². The van der Waals surface area contributed by atoms with Crippen LogP contribution in [0.15, 0.2) is 24.3 Å². The van der Waals surface area contributed by atoms with Crippen LogP contribution in [0.4, 0.5) is 5.82 Å². The van der Waals surface area contributed by atoms with E-state index in [1.807, 2.05) is 12.1 Å². The molecule has 0 saturated carbocycles. The van der Waals surface area contributed by atoms with E-state index < -0.39 is 0 Å². The third-order valence-electron chi connectivity index (χ3n) is 4.70. The number of ether oxygens (including phenoxy) is 1. The van der Waals surface area contributed by atoms with Crippen LogP contribution in [0.1, 0.15) is 34.8 Å². The van der Waals surface area contributed by atoms with Crippen molar-refractivity contribution in [2.75, 3.05) is 19.9 Å². The number of fused-ring (bicyclic) bond motifs is 1. The Morgan fingerprint density at radius 1 is 1.20 bits per heavy atom. The summed E-state index contributed by atoms with van der Waals surface area (Å²) in [6.45, 7) is 7.08. The molecule has 2 aromatic heterocycles. The van der Waals surface area contributed by atoms with Crippen molar-refractivity contribution in [2.45, 2.75) is 33.4 Å². The van der Waals surface area contributed by atoms with Crippen molar-refractivity contribution in [3.63, 3.8) is 0 Å². The zero-order valence-corrected chi connectivity index (χ0v) is 16.1. The van der Waals surface area contributed by atoms with Crippen molar-refractivity contribution in [3.05, 3.63) is 46.1 Å². The molecule has 0 aliphatic heterocycles. The number of hydrogen-bond donors (Lipinski definition) is 1. The molecule has 0 fully saturated rings. The van der Waals surface area contributed by atoms with Crippen LogP contribution in [-0.4, -0.2) is 29.0 Å². The summed E-state index contributed by atoms with van der Waals surface area (Å²) < 4.78 is 5.21. The van der Waals surface area contributed by atoms with Gasteiger partial charge in [-0.25, -0.2) is 9.97 Å². The highest BCUT2D eigenvalue weighted by molar-refractivity contribution is 7.18. The number of nitrogens with two attached hydrogens (primary N) is 1. The van der Waals surface area contributed by atoms with Crippen LogP contribution in [-0.2, 0) is 6.54 Å². The second-order valence-electron chi connectivity index (χ2n) is 6.37. The van der Waals surface area contributed by atoms with Crippen LogP contribution in [0, 0.1) is 13.8 Å². The largest absolute Gasteiger partial charge is 0.497 e. The SMILES string of the molecule is COc1ccc(CN(C)C(C)c2nc(N)c3c(C)c(C)sc3n2)cc1. The van der Waals surface area contributed by atoms with Gasteiger partial charge in [0.15, 0.2) is 0 Å². The highest BCUT2D eigenvalue weighted by atomic mass is 32.1. The van der Waals surface area contributed by atoms with Gasteiger partial charge in [-0.3, -0.25) is 4.90 Å². The van der Waals surface area contributed by atoms with Gasteiger partial charge in [0.05, 0.1) is 18.5 Å². The molecule has 1 unspecified atom stereocenters. The zero-order valence-electron chi connectivity index (χ0n) is 15.3. The van der Waals surface area contributed by atoms with E-state index in [0.29, 0.717) is 5.82 Å². The normalized spacial score (nSPS) is 12.7. The molecule has 6 heteroatoms. The fourth-order valence-electron chi connectivity index (χ4n) is 2.84. The first-order valence-corrected chi connectivity index (χ1v) is 9.08. The molecule has 3 rings (SSSR count). The average molecular weight is 356 g/mol. The first-order valence-electron chi connectivity index (χ1n) is 8.27. The fraction of sp³-hybridized carbons (Fsp3) is 0.368. The maximum atomic E-state index is 6.22. The Bertz CT molecular complexity index is 889. The molecule has 132 valence electrons. The topological polar surface area (TPSA) is 64.3 Å². The summed E-state index contributed by atoms with van der Waals surface area (Å²) in [6.07, 6.45) is 0. The highest BCUT2D eigenvalue weighted by Crippen LogP contribution is 2.33. The molecule has 2 N–H and O–H groups in total. The second kappa shape index (κ2) is 6.98. The van der Waals surface area contributed by atoms with E-state index in [1.54, 1.807) is 18.4 Å². The van der Waals surface area contributed by atoms with Gasteiger partial charge in [0, 0.05) is 11.4 Å². The van der Waals surface area contributed by atoms with Gasteiger partial charge in [-0.2, -0.15) is 0 Å². The molecule has 0 radical (unpaired) electrons. The monoisotopic (exact) mass is 356 g/mol. The van der Waals surface area contributed by atoms with Crippen molar-refractivity contribution >= 4 is 27.4 Å². The van der Waals surface area contributed by atoms with E-state index in [4.69, 9.17) is 15.5 Å². The van der Waals surface area contributed by atoms with Crippen LogP contribution < -0.4 is 10.5 Å². The summed E-state index contributed by atoms with van der Waals surface area (Å²) in [6, 6.07) is 8.17. The van der Waals surface area contributed by atoms with Crippen molar-refractivity contribution in [2.24, 2.45) is 0 Å². The van der Waals surface area contributed by atoms with E-state index in [0.717, 1.165) is 28.3 Å². The lowest BCUT2D eigenvalue weighted by Crippen LogP contribution is -2.24. The Kier molecular flexibility index (Phi) is 4.92. The van der Waals surface area contributed by atoms with Crippen molar-refractivity contribution in [1.82, 2.24) is 14.9 Å². The van der Waals surface area contributed by atoms with Gasteiger partial charge in [0.1, 0.15) is 22.2 Å². The second-order valence-corrected chi connectivity index (χ2v) is 7.57. The van der Waals surface area contributed by atoms with Gasteiger partial charge >= 0.3 is 0 Å². The van der Waals surface area contributed by atoms with Crippen molar-refractivity contribution < 1.29 is 4.74 Å². The molecule has 3 aromatic rings. The van der Waals surface area contributed by atoms with Crippen molar-refractivity contribution in [3.8, 4) is 5.75 Å². The predicted molar refractivity (Wildman–Crippen MR) is 104 cm³/mol. The number of nitrogens with zero attached hydrogens (tertiary/aromatic N) is 3. The molecule has 1 aromatic carbocycles. The Labute approximate surface area is 152 Å². The Hall–Kier alpha value is -2.18. The number of anilines is 1. The predicted octanol–water partition coefficient (Wildman–Crippen LogP) is 4.09. The van der Waals surface area contributed by atoms with Crippen molar-refractivity contribution in [1.29, 1.82) is 0 Å². The van der Waals surface area contributed by atoms with E-state index in [2.05, 4.69) is 49.8 Å². The number of rotatable bonds is 5. The molecule has 0 saturated heterocycles. The van der Waals surface area contributed by atoms with E-state index in [-0.39, 0.29) is 6.04 Å². The van der Waals surface area contributed by atoms with Gasteiger partial charge in [0.2, 0.25) is 0 Å². The molecular weight excluding hydrogens is 332 g/mol. The number of aryl methyl sites for hydroxylation is 2. The zero-order chi connectivity index (χ0) is 18.1. The maximum absolute atomic E-state index is 6.22. The Morgan fingerprint density at radius 2 is 1.88 bits per heavy atom. The van der Waals surface area contributed by atoms with E-state index >= 15 is 0 Å². The number of thiophene rings is 1. The molecule has 0 aliphatic rings. The molecule has 0 amide bonds. The third-order valence-corrected chi connectivity index (χ3v) is 5.80. The minimum absolute atomic E-state index is 0.0662. The van der Waals surface area contributed by atoms with Crippen LogP contribution in [0.25, 0.3) is 10.2 Å². The fourth-order valence-corrected chi connectivity index (χ4v) is 3.88. The molecular formula is C19H24N4OS. The number of methoxy groups -OCH3 is 1. The lowest BCUT2D eigenvalue weighted by molar-refractivity contribution is 0.244. The number of nitrogen functional groups attached to an aromatic ring is 1. The molecule has 5 nitrogen and oxygen atoms in total. The van der Waals surface area contributed by atoms with E-state index in [9.17, 15) is 0 Å². The highest BCUT2D eigenvalue weighted by Gasteiger charge is 2.19. The molecule has 0 bridgehead atoms. The Morgan fingerprint density at radius 3 is 2.52 bits per heavy atom. The summed E-state index contributed by atoms with van der Waals surface area (Å²) in [5, 5.41) is 0.997. The number of aromatic nitrogens is 2. The molecule has 0 aliphatic carbocycles. The molecule has 25 heavy (non-hydrogen) atoms. The summed E-state index contributed by atoms with van der Waals surface area (Å²) in [4.78, 5) is 13.8. The van der Waals surface area contributed by atoms with Crippen LogP contribution in [0.5, 0.6) is 5.75 Å². The van der Waals surface area contributed by atoms with Gasteiger partial charge in [-0.15, -0.1) is 11.3 Å². The molecule has 1 atom stereocenters. The lowest BCUT2D eigenvalue weighted by Gasteiger charge is -2.24. The molecule has 2 heterocycles. The minimum atomic E-state index is 0.0662. The summed E-state index contributed by atoms with van der Waals surface area (Å²) in [7, 11) is 3.75. The van der Waals surface area contributed by atoms with E-state index in [1.165, 1.54) is 16.0 Å². The number of benzene rings is 1. The first kappa shape index (κ1) is 17.6. The average Bonchev–Trinajstić information content (AvgIpc) is 2.89.